The largest absolute Gasteiger partial charge is 0.338 e. The molecular weight excluding hydrogens is 336 g/mol. The van der Waals surface area contributed by atoms with E-state index in [4.69, 9.17) is 5.10 Å². The van der Waals surface area contributed by atoms with Gasteiger partial charge < -0.3 is 4.90 Å². The molecule has 138 valence electrons. The number of amides is 1. The highest BCUT2D eigenvalue weighted by atomic mass is 16.2. The Hall–Kier alpha value is -2.95. The maximum atomic E-state index is 13.4. The number of carbonyl (C=O) groups is 1. The number of nitrogens with zero attached hydrogens (tertiary/aromatic N) is 4. The second kappa shape index (κ2) is 7.35. The van der Waals surface area contributed by atoms with Gasteiger partial charge in [-0.25, -0.2) is 4.68 Å². The predicted octanol–water partition coefficient (Wildman–Crippen LogP) is 4.05. The fourth-order valence-corrected chi connectivity index (χ4v) is 3.96. The number of aromatic nitrogens is 3. The van der Waals surface area contributed by atoms with Crippen LogP contribution in [0.15, 0.2) is 61.1 Å². The molecule has 1 aromatic carbocycles. The van der Waals surface area contributed by atoms with Crippen LogP contribution in [0.25, 0.3) is 16.9 Å². The summed E-state index contributed by atoms with van der Waals surface area (Å²) >= 11 is 0. The van der Waals surface area contributed by atoms with E-state index in [1.807, 2.05) is 53.6 Å². The van der Waals surface area contributed by atoms with Gasteiger partial charge in [0.25, 0.3) is 5.91 Å². The molecule has 2 atom stereocenters. The zero-order valence-electron chi connectivity index (χ0n) is 15.7. The first-order chi connectivity index (χ1) is 13.1. The lowest BCUT2D eigenvalue weighted by molar-refractivity contribution is 0.0624. The summed E-state index contributed by atoms with van der Waals surface area (Å²) in [6.45, 7) is 6.02. The summed E-state index contributed by atoms with van der Waals surface area (Å²) in [4.78, 5) is 19.6. The summed E-state index contributed by atoms with van der Waals surface area (Å²) in [5, 5.41) is 4.73. The van der Waals surface area contributed by atoms with Gasteiger partial charge in [-0.2, -0.15) is 5.10 Å². The van der Waals surface area contributed by atoms with Crippen LogP contribution in [0.2, 0.25) is 0 Å². The van der Waals surface area contributed by atoms with E-state index in [-0.39, 0.29) is 5.91 Å². The first-order valence-electron chi connectivity index (χ1n) is 9.46. The van der Waals surface area contributed by atoms with E-state index in [1.165, 1.54) is 6.42 Å². The Labute approximate surface area is 159 Å². The molecule has 0 saturated carbocycles. The zero-order valence-corrected chi connectivity index (χ0v) is 15.7. The smallest absolute Gasteiger partial charge is 0.257 e. The quantitative estimate of drug-likeness (QED) is 0.708. The lowest BCUT2D eigenvalue weighted by Gasteiger charge is -2.35. The maximum Gasteiger partial charge on any atom is 0.257 e. The minimum atomic E-state index is 0.0504. The molecule has 0 spiro atoms. The summed E-state index contributed by atoms with van der Waals surface area (Å²) in [6.07, 6.45) is 6.51. The Morgan fingerprint density at radius 3 is 2.44 bits per heavy atom. The third-order valence-electron chi connectivity index (χ3n) is 5.06. The van der Waals surface area contributed by atoms with Crippen molar-refractivity contribution in [1.29, 1.82) is 0 Å². The fraction of sp³-hybridized carbons (Fsp3) is 0.318. The number of likely N-dealkylation sites (tertiary alicyclic amines) is 1. The maximum absolute atomic E-state index is 13.4. The molecule has 0 bridgehead atoms. The molecule has 4 rings (SSSR count). The van der Waals surface area contributed by atoms with Crippen LogP contribution in [-0.4, -0.2) is 38.7 Å². The first kappa shape index (κ1) is 17.5. The molecule has 0 aliphatic carbocycles. The summed E-state index contributed by atoms with van der Waals surface area (Å²) in [6, 6.07) is 13.7. The lowest BCUT2D eigenvalue weighted by Crippen LogP contribution is -2.42. The zero-order chi connectivity index (χ0) is 18.8. The number of benzene rings is 1. The van der Waals surface area contributed by atoms with E-state index in [1.54, 1.807) is 17.1 Å². The molecular formula is C22H24N4O. The number of piperidine rings is 1. The molecule has 1 aliphatic heterocycles. The van der Waals surface area contributed by atoms with Crippen LogP contribution >= 0.6 is 0 Å². The molecule has 1 amide bonds. The molecule has 0 N–H and O–H groups in total. The highest BCUT2D eigenvalue weighted by Crippen LogP contribution is 2.27. The van der Waals surface area contributed by atoms with Gasteiger partial charge in [0.15, 0.2) is 0 Å². The SMILES string of the molecule is C[C@H]1C[C@H](C)CN(C(=O)c2cn(-c3ccccc3)nc2-c2cccnc2)C1. The van der Waals surface area contributed by atoms with E-state index in [2.05, 4.69) is 18.8 Å². The van der Waals surface area contributed by atoms with Gasteiger partial charge in [0.05, 0.1) is 11.3 Å². The minimum Gasteiger partial charge on any atom is -0.338 e. The topological polar surface area (TPSA) is 51.0 Å². The van der Waals surface area contributed by atoms with Crippen LogP contribution in [0.1, 0.15) is 30.6 Å². The molecule has 27 heavy (non-hydrogen) atoms. The Morgan fingerprint density at radius 2 is 1.78 bits per heavy atom. The summed E-state index contributed by atoms with van der Waals surface area (Å²) in [7, 11) is 0. The second-order valence-electron chi connectivity index (χ2n) is 7.57. The van der Waals surface area contributed by atoms with Crippen molar-refractivity contribution in [2.24, 2.45) is 11.8 Å². The van der Waals surface area contributed by atoms with Gasteiger partial charge in [0.1, 0.15) is 5.69 Å². The van der Waals surface area contributed by atoms with E-state index >= 15 is 0 Å². The molecule has 5 nitrogen and oxygen atoms in total. The third-order valence-corrected chi connectivity index (χ3v) is 5.06. The van der Waals surface area contributed by atoms with Crippen molar-refractivity contribution in [2.75, 3.05) is 13.1 Å². The number of pyridine rings is 1. The van der Waals surface area contributed by atoms with Crippen molar-refractivity contribution in [3.05, 3.63) is 66.6 Å². The van der Waals surface area contributed by atoms with Crippen molar-refractivity contribution < 1.29 is 4.79 Å². The molecule has 0 radical (unpaired) electrons. The van der Waals surface area contributed by atoms with Gasteiger partial charge in [0, 0.05) is 37.2 Å². The van der Waals surface area contributed by atoms with Gasteiger partial charge in [-0.15, -0.1) is 0 Å². The third kappa shape index (κ3) is 3.63. The second-order valence-corrected chi connectivity index (χ2v) is 7.57. The van der Waals surface area contributed by atoms with Crippen LogP contribution in [0.3, 0.4) is 0 Å². The van der Waals surface area contributed by atoms with Crippen LogP contribution in [-0.2, 0) is 0 Å². The van der Waals surface area contributed by atoms with Gasteiger partial charge in [-0.3, -0.25) is 9.78 Å². The molecule has 5 heteroatoms. The predicted molar refractivity (Wildman–Crippen MR) is 106 cm³/mol. The van der Waals surface area contributed by atoms with Crippen molar-refractivity contribution >= 4 is 5.91 Å². The molecule has 3 heterocycles. The monoisotopic (exact) mass is 360 g/mol. The molecule has 1 saturated heterocycles. The summed E-state index contributed by atoms with van der Waals surface area (Å²) < 4.78 is 1.78. The molecule has 2 aromatic heterocycles. The number of hydrogen-bond acceptors (Lipinski definition) is 3. The summed E-state index contributed by atoms with van der Waals surface area (Å²) in [5.74, 6) is 1.09. The van der Waals surface area contributed by atoms with Crippen LogP contribution < -0.4 is 0 Å². The average molecular weight is 360 g/mol. The standard InChI is InChI=1S/C22H24N4O/c1-16-11-17(2)14-25(13-16)22(27)20-15-26(19-8-4-3-5-9-19)24-21(20)18-7-6-10-23-12-18/h3-10,12,15-17H,11,13-14H2,1-2H3/t16-,17-/m0/s1. The normalized spacial score (nSPS) is 19.9. The summed E-state index contributed by atoms with van der Waals surface area (Å²) in [5.41, 5.74) is 3.10. The van der Waals surface area contributed by atoms with E-state index < -0.39 is 0 Å². The van der Waals surface area contributed by atoms with E-state index in [0.717, 1.165) is 24.3 Å². The van der Waals surface area contributed by atoms with Crippen LogP contribution in [0.5, 0.6) is 0 Å². The first-order valence-corrected chi connectivity index (χ1v) is 9.46. The Kier molecular flexibility index (Phi) is 4.75. The highest BCUT2D eigenvalue weighted by Gasteiger charge is 2.29. The Bertz CT molecular complexity index is 910. The number of para-hydroxylation sites is 1. The van der Waals surface area contributed by atoms with E-state index in [9.17, 15) is 4.79 Å². The lowest BCUT2D eigenvalue weighted by atomic mass is 9.91. The van der Waals surface area contributed by atoms with Crippen molar-refractivity contribution in [1.82, 2.24) is 19.7 Å². The van der Waals surface area contributed by atoms with Crippen molar-refractivity contribution in [3.63, 3.8) is 0 Å². The van der Waals surface area contributed by atoms with Gasteiger partial charge in [-0.05, 0) is 42.5 Å². The van der Waals surface area contributed by atoms with Crippen molar-refractivity contribution in [2.45, 2.75) is 20.3 Å². The van der Waals surface area contributed by atoms with Gasteiger partial charge in [-0.1, -0.05) is 32.0 Å². The molecule has 0 unspecified atom stereocenters. The molecule has 1 aliphatic rings. The minimum absolute atomic E-state index is 0.0504. The number of hydrogen-bond donors (Lipinski definition) is 0. The Morgan fingerprint density at radius 1 is 1.04 bits per heavy atom. The van der Waals surface area contributed by atoms with Gasteiger partial charge >= 0.3 is 0 Å². The van der Waals surface area contributed by atoms with Gasteiger partial charge in [0.2, 0.25) is 0 Å². The van der Waals surface area contributed by atoms with Crippen LogP contribution in [0, 0.1) is 11.8 Å². The highest BCUT2D eigenvalue weighted by molar-refractivity contribution is 6.00. The molecule has 1 fully saturated rings. The Balaban J connectivity index is 1.76. The average Bonchev–Trinajstić information content (AvgIpc) is 3.13. The molecule has 3 aromatic rings. The van der Waals surface area contributed by atoms with E-state index in [0.29, 0.717) is 23.1 Å². The number of carbonyl (C=O) groups excluding carboxylic acids is 1. The van der Waals surface area contributed by atoms with Crippen molar-refractivity contribution in [3.8, 4) is 16.9 Å². The number of rotatable bonds is 3. The fourth-order valence-electron chi connectivity index (χ4n) is 3.96. The van der Waals surface area contributed by atoms with Crippen LogP contribution in [0.4, 0.5) is 0 Å².